The molecule has 43 heavy (non-hydrogen) atoms. The zero-order chi connectivity index (χ0) is 30.4. The van der Waals surface area contributed by atoms with Gasteiger partial charge in [0.2, 0.25) is 0 Å². The molecule has 10 heteroatoms. The molecular formula is C33H38O10. The van der Waals surface area contributed by atoms with Crippen molar-refractivity contribution in [2.24, 2.45) is 0 Å². The van der Waals surface area contributed by atoms with E-state index in [-0.39, 0.29) is 0 Å². The van der Waals surface area contributed by atoms with Crippen molar-refractivity contribution in [1.82, 2.24) is 0 Å². The average molecular weight is 595 g/mol. The number of hydrogen-bond acceptors (Lipinski definition) is 10. The van der Waals surface area contributed by atoms with E-state index in [9.17, 15) is 9.59 Å². The predicted molar refractivity (Wildman–Crippen MR) is 155 cm³/mol. The molecule has 0 spiro atoms. The van der Waals surface area contributed by atoms with Gasteiger partial charge in [0.05, 0.1) is 33.0 Å². The van der Waals surface area contributed by atoms with Crippen LogP contribution in [0.1, 0.15) is 16.7 Å². The fourth-order valence-corrected chi connectivity index (χ4v) is 4.83. The first-order valence-corrected chi connectivity index (χ1v) is 14.1. The van der Waals surface area contributed by atoms with Gasteiger partial charge in [0.1, 0.15) is 48.8 Å². The highest BCUT2D eigenvalue weighted by atomic mass is 16.6. The summed E-state index contributed by atoms with van der Waals surface area (Å²) in [5, 5.41) is 26.7. The van der Waals surface area contributed by atoms with Gasteiger partial charge in [0, 0.05) is 0 Å². The maximum atomic E-state index is 11.8. The van der Waals surface area contributed by atoms with E-state index in [0.29, 0.717) is 32.7 Å². The van der Waals surface area contributed by atoms with Crippen LogP contribution in [0.2, 0.25) is 0 Å². The summed E-state index contributed by atoms with van der Waals surface area (Å²) in [7, 11) is 0. The SMILES string of the molecule is O=C[C@H]1O[C@H](CO)[C@@H](O)[C@@H]1O.O=C[C@H]1O[C@H](COCc2ccccc2)[C@@H](OCc2ccccc2)[C@@H]1OCc1ccccc1. The molecule has 2 heterocycles. The topological polar surface area (TPSA) is 141 Å². The minimum Gasteiger partial charge on any atom is -0.394 e. The molecule has 2 aliphatic heterocycles. The molecular weight excluding hydrogens is 556 g/mol. The third-order valence-electron chi connectivity index (χ3n) is 7.16. The third kappa shape index (κ3) is 9.33. The minimum atomic E-state index is -1.22. The highest BCUT2D eigenvalue weighted by Crippen LogP contribution is 2.28. The van der Waals surface area contributed by atoms with Gasteiger partial charge >= 0.3 is 0 Å². The van der Waals surface area contributed by atoms with Crippen molar-refractivity contribution in [1.29, 1.82) is 0 Å². The highest BCUT2D eigenvalue weighted by Gasteiger charge is 2.46. The average Bonchev–Trinajstić information content (AvgIpc) is 3.55. The van der Waals surface area contributed by atoms with Crippen molar-refractivity contribution in [3.05, 3.63) is 108 Å². The molecule has 0 aliphatic carbocycles. The summed E-state index contributed by atoms with van der Waals surface area (Å²) in [6.45, 7) is 1.16. The van der Waals surface area contributed by atoms with E-state index in [1.54, 1.807) is 0 Å². The van der Waals surface area contributed by atoms with Gasteiger partial charge in [-0.15, -0.1) is 0 Å². The molecule has 230 valence electrons. The Morgan fingerprint density at radius 3 is 1.51 bits per heavy atom. The molecule has 10 nitrogen and oxygen atoms in total. The number of aliphatic hydroxyl groups is 3. The lowest BCUT2D eigenvalue weighted by molar-refractivity contribution is -0.125. The molecule has 2 saturated heterocycles. The van der Waals surface area contributed by atoms with Gasteiger partial charge in [0.15, 0.2) is 12.6 Å². The Morgan fingerprint density at radius 1 is 0.605 bits per heavy atom. The molecule has 0 bridgehead atoms. The van der Waals surface area contributed by atoms with Crippen molar-refractivity contribution in [2.75, 3.05) is 13.2 Å². The van der Waals surface area contributed by atoms with Crippen LogP contribution in [0.15, 0.2) is 91.0 Å². The van der Waals surface area contributed by atoms with Crippen LogP contribution in [0, 0.1) is 0 Å². The maximum absolute atomic E-state index is 11.8. The Balaban J connectivity index is 0.000000324. The van der Waals surface area contributed by atoms with E-state index < -0.39 is 55.4 Å². The summed E-state index contributed by atoms with van der Waals surface area (Å²) >= 11 is 0. The second-order valence-electron chi connectivity index (χ2n) is 10.2. The van der Waals surface area contributed by atoms with E-state index >= 15 is 0 Å². The Labute approximate surface area is 250 Å². The fourth-order valence-electron chi connectivity index (χ4n) is 4.83. The summed E-state index contributed by atoms with van der Waals surface area (Å²) in [6.07, 6.45) is -5.09. The molecule has 2 fully saturated rings. The first-order chi connectivity index (χ1) is 21.0. The summed E-state index contributed by atoms with van der Waals surface area (Å²) in [4.78, 5) is 21.9. The fraction of sp³-hybridized carbons (Fsp3) is 0.394. The quantitative estimate of drug-likeness (QED) is 0.252. The molecule has 0 unspecified atom stereocenters. The molecule has 0 saturated carbocycles. The van der Waals surface area contributed by atoms with Crippen molar-refractivity contribution >= 4 is 12.6 Å². The number of aldehydes is 2. The molecule has 0 aromatic heterocycles. The lowest BCUT2D eigenvalue weighted by atomic mass is 10.1. The highest BCUT2D eigenvalue weighted by molar-refractivity contribution is 5.58. The Hall–Kier alpha value is -3.32. The first-order valence-electron chi connectivity index (χ1n) is 14.1. The number of ether oxygens (including phenoxy) is 5. The molecule has 8 atom stereocenters. The number of carbonyl (C=O) groups excluding carboxylic acids is 2. The Kier molecular flexibility index (Phi) is 13.0. The Morgan fingerprint density at radius 2 is 1.07 bits per heavy atom. The molecule has 0 radical (unpaired) electrons. The van der Waals surface area contributed by atoms with E-state index in [1.165, 1.54) is 0 Å². The van der Waals surface area contributed by atoms with Gasteiger partial charge in [-0.2, -0.15) is 0 Å². The summed E-state index contributed by atoms with van der Waals surface area (Å²) in [5.41, 5.74) is 3.16. The Bertz CT molecular complexity index is 1210. The number of aliphatic hydroxyl groups excluding tert-OH is 3. The number of benzene rings is 3. The van der Waals surface area contributed by atoms with Crippen molar-refractivity contribution < 1.29 is 48.6 Å². The van der Waals surface area contributed by atoms with E-state index in [4.69, 9.17) is 39.0 Å². The monoisotopic (exact) mass is 594 g/mol. The second kappa shape index (κ2) is 17.1. The summed E-state index contributed by atoms with van der Waals surface area (Å²) in [5.74, 6) is 0. The standard InChI is InChI=1S/C27H28O5.C6H10O5/c28-16-24-26(30-18-22-12-6-2-7-13-22)27(31-19-23-14-8-3-9-15-23)25(32-24)20-29-17-21-10-4-1-5-11-21;7-1-3-5(9)6(10)4(2-8)11-3/h1-16,24-27H,17-20H2;1,3-6,8-10H,2H2/t24-,25-,26-,27-;3-,4-,5-,6-/m11/s1. The van der Waals surface area contributed by atoms with E-state index in [1.807, 2.05) is 91.0 Å². The van der Waals surface area contributed by atoms with Crippen molar-refractivity contribution in [2.45, 2.75) is 68.7 Å². The van der Waals surface area contributed by atoms with E-state index in [2.05, 4.69) is 0 Å². The smallest absolute Gasteiger partial charge is 0.151 e. The van der Waals surface area contributed by atoms with Gasteiger partial charge < -0.3 is 48.6 Å². The maximum Gasteiger partial charge on any atom is 0.151 e. The van der Waals surface area contributed by atoms with Crippen LogP contribution in [-0.2, 0) is 53.1 Å². The molecule has 3 aromatic rings. The second-order valence-corrected chi connectivity index (χ2v) is 10.2. The van der Waals surface area contributed by atoms with Crippen LogP contribution in [-0.4, -0.2) is 89.9 Å². The third-order valence-corrected chi connectivity index (χ3v) is 7.16. The molecule has 3 N–H and O–H groups in total. The van der Waals surface area contributed by atoms with Crippen LogP contribution in [0.4, 0.5) is 0 Å². The van der Waals surface area contributed by atoms with Gasteiger partial charge in [-0.1, -0.05) is 91.0 Å². The van der Waals surface area contributed by atoms with Gasteiger partial charge in [-0.25, -0.2) is 0 Å². The van der Waals surface area contributed by atoms with Crippen molar-refractivity contribution in [3.63, 3.8) is 0 Å². The van der Waals surface area contributed by atoms with E-state index in [0.717, 1.165) is 23.0 Å². The van der Waals surface area contributed by atoms with Crippen LogP contribution in [0.3, 0.4) is 0 Å². The molecule has 0 amide bonds. The van der Waals surface area contributed by atoms with Gasteiger partial charge in [-0.3, -0.25) is 0 Å². The van der Waals surface area contributed by atoms with Gasteiger partial charge in [-0.05, 0) is 16.7 Å². The lowest BCUT2D eigenvalue weighted by Crippen LogP contribution is -2.39. The predicted octanol–water partition coefficient (Wildman–Crippen LogP) is 2.01. The molecule has 3 aromatic carbocycles. The summed E-state index contributed by atoms with van der Waals surface area (Å²) in [6, 6.07) is 29.8. The molecule has 5 rings (SSSR count). The zero-order valence-electron chi connectivity index (χ0n) is 23.7. The summed E-state index contributed by atoms with van der Waals surface area (Å²) < 4.78 is 29.1. The zero-order valence-corrected chi connectivity index (χ0v) is 23.7. The largest absolute Gasteiger partial charge is 0.394 e. The normalized spacial score (nSPS) is 28.2. The van der Waals surface area contributed by atoms with Crippen LogP contribution in [0.25, 0.3) is 0 Å². The minimum absolute atomic E-state index is 0.309. The number of carbonyl (C=O) groups is 2. The van der Waals surface area contributed by atoms with Crippen molar-refractivity contribution in [3.8, 4) is 0 Å². The number of rotatable bonds is 13. The van der Waals surface area contributed by atoms with Crippen LogP contribution < -0.4 is 0 Å². The van der Waals surface area contributed by atoms with Crippen LogP contribution in [0.5, 0.6) is 0 Å². The van der Waals surface area contributed by atoms with Gasteiger partial charge in [0.25, 0.3) is 0 Å². The first kappa shape index (κ1) is 32.6. The molecule has 2 aliphatic rings. The van der Waals surface area contributed by atoms with Crippen LogP contribution >= 0.6 is 0 Å². The number of hydrogen-bond donors (Lipinski definition) is 3. The lowest BCUT2D eigenvalue weighted by Gasteiger charge is -2.24.